The average Bonchev–Trinajstić information content (AvgIpc) is 2.77. The number of amides is 1. The molecule has 3 atom stereocenters. The highest BCUT2D eigenvalue weighted by Crippen LogP contribution is 2.27. The monoisotopic (exact) mass is 476 g/mol. The fraction of sp³-hybridized carbons (Fsp3) is 0.417. The molecule has 3 unspecified atom stereocenters. The zero-order valence-corrected chi connectivity index (χ0v) is 19.8. The number of nitrogens with zero attached hydrogens (tertiary/aromatic N) is 1. The first-order valence-electron chi connectivity index (χ1n) is 10.9. The number of esters is 1. The Morgan fingerprint density at radius 2 is 1.76 bits per heavy atom. The van der Waals surface area contributed by atoms with Crippen molar-refractivity contribution in [3.8, 4) is 0 Å². The molecule has 1 aliphatic rings. The molecule has 0 saturated carbocycles. The van der Waals surface area contributed by atoms with Crippen LogP contribution in [0.1, 0.15) is 43.1 Å². The quantitative estimate of drug-likeness (QED) is 0.619. The van der Waals surface area contributed by atoms with Crippen LogP contribution in [0.15, 0.2) is 53.4 Å². The van der Waals surface area contributed by atoms with Gasteiger partial charge in [-0.05, 0) is 61.1 Å². The number of carbonyl (C=O) groups excluding carboxylic acids is 2. The maximum atomic E-state index is 13.1. The first kappa shape index (κ1) is 24.9. The Balaban J connectivity index is 1.63. The van der Waals surface area contributed by atoms with Gasteiger partial charge in [0.05, 0.1) is 10.5 Å². The highest BCUT2D eigenvalue weighted by Gasteiger charge is 2.32. The minimum Gasteiger partial charge on any atom is -0.449 e. The molecule has 0 spiro atoms. The van der Waals surface area contributed by atoms with Gasteiger partial charge in [0.15, 0.2) is 6.10 Å². The van der Waals surface area contributed by atoms with E-state index in [0.717, 1.165) is 6.42 Å². The summed E-state index contributed by atoms with van der Waals surface area (Å²) in [5.41, 5.74) is 0.745. The molecule has 33 heavy (non-hydrogen) atoms. The number of ether oxygens (including phenoxy) is 1. The summed E-state index contributed by atoms with van der Waals surface area (Å²) in [6.07, 6.45) is -0.124. The lowest BCUT2D eigenvalue weighted by atomic mass is 9.94. The van der Waals surface area contributed by atoms with E-state index in [0.29, 0.717) is 18.7 Å². The number of nitrogens with one attached hydrogen (secondary N) is 1. The van der Waals surface area contributed by atoms with Gasteiger partial charge < -0.3 is 10.1 Å². The normalized spacial score (nSPS) is 20.1. The molecule has 0 radical (unpaired) electrons. The maximum Gasteiger partial charge on any atom is 0.338 e. The van der Waals surface area contributed by atoms with E-state index >= 15 is 0 Å². The van der Waals surface area contributed by atoms with Crippen molar-refractivity contribution >= 4 is 21.9 Å². The summed E-state index contributed by atoms with van der Waals surface area (Å²) >= 11 is 0. The van der Waals surface area contributed by atoms with Crippen LogP contribution in [0.5, 0.6) is 0 Å². The number of hydrogen-bond acceptors (Lipinski definition) is 5. The lowest BCUT2D eigenvalue weighted by molar-refractivity contribution is -0.129. The highest BCUT2D eigenvalue weighted by atomic mass is 32.2. The van der Waals surface area contributed by atoms with Gasteiger partial charge in [-0.1, -0.05) is 32.0 Å². The molecule has 1 saturated heterocycles. The number of rotatable bonds is 7. The van der Waals surface area contributed by atoms with Crippen LogP contribution in [0, 0.1) is 17.7 Å². The van der Waals surface area contributed by atoms with Gasteiger partial charge >= 0.3 is 5.97 Å². The molecule has 1 amide bonds. The highest BCUT2D eigenvalue weighted by molar-refractivity contribution is 7.89. The molecule has 2 aromatic rings. The van der Waals surface area contributed by atoms with E-state index in [2.05, 4.69) is 5.32 Å². The molecular formula is C24H29FN2O5S. The lowest BCUT2D eigenvalue weighted by Crippen LogP contribution is -2.42. The predicted octanol–water partition coefficient (Wildman–Crippen LogP) is 3.35. The second-order valence-corrected chi connectivity index (χ2v) is 10.6. The largest absolute Gasteiger partial charge is 0.449 e. The maximum absolute atomic E-state index is 13.1. The molecule has 0 aliphatic carbocycles. The molecule has 0 aromatic heterocycles. The van der Waals surface area contributed by atoms with Gasteiger partial charge in [-0.2, -0.15) is 4.31 Å². The van der Waals surface area contributed by atoms with E-state index in [4.69, 9.17) is 4.74 Å². The van der Waals surface area contributed by atoms with Crippen molar-refractivity contribution in [3.63, 3.8) is 0 Å². The third-order valence-corrected chi connectivity index (χ3v) is 7.40. The van der Waals surface area contributed by atoms with Crippen molar-refractivity contribution < 1.29 is 27.1 Å². The summed E-state index contributed by atoms with van der Waals surface area (Å²) in [6, 6.07) is 11.3. The van der Waals surface area contributed by atoms with E-state index in [1.165, 1.54) is 47.6 Å². The zero-order chi connectivity index (χ0) is 24.2. The molecule has 1 fully saturated rings. The summed E-state index contributed by atoms with van der Waals surface area (Å²) in [5.74, 6) is -1.18. The van der Waals surface area contributed by atoms with Crippen LogP contribution in [0.4, 0.5) is 4.39 Å². The number of carbonyl (C=O) groups is 2. The molecule has 1 N–H and O–H groups in total. The Hall–Kier alpha value is -2.78. The Morgan fingerprint density at radius 1 is 1.12 bits per heavy atom. The van der Waals surface area contributed by atoms with Gasteiger partial charge in [0, 0.05) is 19.6 Å². The lowest BCUT2D eigenvalue weighted by Gasteiger charge is -2.34. The third kappa shape index (κ3) is 6.39. The second kappa shape index (κ2) is 10.4. The van der Waals surface area contributed by atoms with Crippen molar-refractivity contribution in [2.75, 3.05) is 13.1 Å². The third-order valence-electron chi connectivity index (χ3n) is 5.58. The van der Waals surface area contributed by atoms with Crippen molar-refractivity contribution in [2.24, 2.45) is 11.8 Å². The topological polar surface area (TPSA) is 92.8 Å². The van der Waals surface area contributed by atoms with E-state index in [-0.39, 0.29) is 34.7 Å². The van der Waals surface area contributed by atoms with Crippen LogP contribution in [0.3, 0.4) is 0 Å². The number of piperidine rings is 1. The van der Waals surface area contributed by atoms with Gasteiger partial charge in [-0.3, -0.25) is 4.79 Å². The molecule has 9 heteroatoms. The smallest absolute Gasteiger partial charge is 0.338 e. The molecular weight excluding hydrogens is 447 g/mol. The standard InChI is InChI=1S/C24H29FN2O5S/c1-16-11-17(2)15-27(14-16)33(30,31)22-6-4-5-20(12-22)24(29)32-18(3)23(28)26-13-19-7-9-21(25)10-8-19/h4-10,12,16-18H,11,13-15H2,1-3H3,(H,26,28). The van der Waals surface area contributed by atoms with Crippen molar-refractivity contribution in [1.82, 2.24) is 9.62 Å². The molecule has 1 aliphatic heterocycles. The van der Waals surface area contributed by atoms with Gasteiger partial charge in [0.25, 0.3) is 5.91 Å². The Morgan fingerprint density at radius 3 is 2.39 bits per heavy atom. The molecule has 0 bridgehead atoms. The first-order valence-corrected chi connectivity index (χ1v) is 12.3. The average molecular weight is 477 g/mol. The van der Waals surface area contributed by atoms with Crippen molar-refractivity contribution in [2.45, 2.75) is 44.7 Å². The van der Waals surface area contributed by atoms with Crippen LogP contribution in [0.2, 0.25) is 0 Å². The van der Waals surface area contributed by atoms with Crippen molar-refractivity contribution in [1.29, 1.82) is 0 Å². The predicted molar refractivity (Wildman–Crippen MR) is 121 cm³/mol. The summed E-state index contributed by atoms with van der Waals surface area (Å²) < 4.78 is 45.9. The summed E-state index contributed by atoms with van der Waals surface area (Å²) in [6.45, 7) is 6.50. The van der Waals surface area contributed by atoms with Gasteiger partial charge in [0.2, 0.25) is 10.0 Å². The molecule has 2 aromatic carbocycles. The van der Waals surface area contributed by atoms with E-state index in [1.807, 2.05) is 13.8 Å². The van der Waals surface area contributed by atoms with Crippen LogP contribution < -0.4 is 5.32 Å². The van der Waals surface area contributed by atoms with E-state index in [1.54, 1.807) is 12.1 Å². The van der Waals surface area contributed by atoms with Gasteiger partial charge in [-0.25, -0.2) is 17.6 Å². The fourth-order valence-electron chi connectivity index (χ4n) is 3.95. The summed E-state index contributed by atoms with van der Waals surface area (Å²) in [4.78, 5) is 24.9. The molecule has 178 valence electrons. The number of hydrogen-bond donors (Lipinski definition) is 1. The first-order chi connectivity index (χ1) is 15.6. The number of benzene rings is 2. The Labute approximate surface area is 194 Å². The fourth-order valence-corrected chi connectivity index (χ4v) is 5.68. The zero-order valence-electron chi connectivity index (χ0n) is 19.0. The SMILES string of the molecule is CC1CC(C)CN(S(=O)(=O)c2cccc(C(=O)OC(C)C(=O)NCc3ccc(F)cc3)c2)C1. The van der Waals surface area contributed by atoms with Crippen LogP contribution in [0.25, 0.3) is 0 Å². The van der Waals surface area contributed by atoms with E-state index in [9.17, 15) is 22.4 Å². The minimum absolute atomic E-state index is 0.0201. The minimum atomic E-state index is -3.75. The van der Waals surface area contributed by atoms with Gasteiger partial charge in [-0.15, -0.1) is 0 Å². The Kier molecular flexibility index (Phi) is 7.86. The van der Waals surface area contributed by atoms with E-state index < -0.39 is 28.0 Å². The molecule has 7 nitrogen and oxygen atoms in total. The van der Waals surface area contributed by atoms with Crippen LogP contribution >= 0.6 is 0 Å². The van der Waals surface area contributed by atoms with Crippen molar-refractivity contribution in [3.05, 3.63) is 65.5 Å². The van der Waals surface area contributed by atoms with Gasteiger partial charge in [0.1, 0.15) is 5.82 Å². The number of halogens is 1. The molecule has 1 heterocycles. The Bertz CT molecular complexity index is 1090. The second-order valence-electron chi connectivity index (χ2n) is 8.69. The summed E-state index contributed by atoms with van der Waals surface area (Å²) in [5, 5.41) is 2.62. The summed E-state index contributed by atoms with van der Waals surface area (Å²) in [7, 11) is -3.75. The molecule has 3 rings (SSSR count). The van der Waals surface area contributed by atoms with Crippen LogP contribution in [-0.2, 0) is 26.1 Å². The number of sulfonamides is 1. The van der Waals surface area contributed by atoms with Crippen LogP contribution in [-0.4, -0.2) is 43.8 Å².